The van der Waals surface area contributed by atoms with E-state index in [4.69, 9.17) is 5.11 Å². The molecule has 2 rings (SSSR count). The second-order valence-corrected chi connectivity index (χ2v) is 5.69. The Balaban J connectivity index is 2.16. The molecule has 1 aromatic rings. The molecule has 1 aliphatic carbocycles. The fraction of sp³-hybridized carbons (Fsp3) is 0.714. The van der Waals surface area contributed by atoms with E-state index in [0.29, 0.717) is 6.42 Å². The molecule has 1 atom stereocenters. The molecule has 0 spiro atoms. The second kappa shape index (κ2) is 7.31. The van der Waals surface area contributed by atoms with Crippen LogP contribution in [0.2, 0.25) is 0 Å². The minimum atomic E-state index is -4.41. The van der Waals surface area contributed by atoms with Crippen LogP contribution in [0.5, 0.6) is 0 Å². The molecule has 0 fully saturated rings. The van der Waals surface area contributed by atoms with Crippen molar-refractivity contribution in [3.05, 3.63) is 17.0 Å². The number of carbonyl (C=O) groups excluding carboxylic acids is 1. The van der Waals surface area contributed by atoms with Gasteiger partial charge in [0, 0.05) is 24.3 Å². The molecule has 0 saturated heterocycles. The molecule has 0 aliphatic heterocycles. The van der Waals surface area contributed by atoms with Crippen molar-refractivity contribution in [2.45, 2.75) is 44.4 Å². The molecule has 1 aromatic heterocycles. The zero-order chi connectivity index (χ0) is 17.0. The summed E-state index contributed by atoms with van der Waals surface area (Å²) >= 11 is 0. The SMILES string of the molecule is O=C(c1n[nH]c2c1CCCC2)N(CCC(F)(F)F)C[C@H](O)CO. The first-order valence-corrected chi connectivity index (χ1v) is 7.53. The zero-order valence-corrected chi connectivity index (χ0v) is 12.6. The van der Waals surface area contributed by atoms with Crippen molar-refractivity contribution in [2.24, 2.45) is 0 Å². The standard InChI is InChI=1S/C14H20F3N3O3/c15-14(16,17)5-6-20(7-9(22)8-21)13(23)12-10-3-1-2-4-11(10)18-19-12/h9,21-22H,1-8H2,(H,18,19)/t9-/m0/s1. The van der Waals surface area contributed by atoms with Crippen molar-refractivity contribution >= 4 is 5.91 Å². The number of carbonyl (C=O) groups is 1. The Labute approximate surface area is 131 Å². The van der Waals surface area contributed by atoms with Crippen LogP contribution in [0.15, 0.2) is 0 Å². The lowest BCUT2D eigenvalue weighted by atomic mass is 9.95. The second-order valence-electron chi connectivity index (χ2n) is 5.69. The Morgan fingerprint density at radius 3 is 2.70 bits per heavy atom. The van der Waals surface area contributed by atoms with Crippen LogP contribution in [0, 0.1) is 0 Å². The van der Waals surface area contributed by atoms with E-state index in [1.807, 2.05) is 0 Å². The average Bonchev–Trinajstić information content (AvgIpc) is 2.93. The molecule has 0 unspecified atom stereocenters. The number of rotatable bonds is 6. The van der Waals surface area contributed by atoms with Gasteiger partial charge in [0.1, 0.15) is 0 Å². The molecule has 1 heterocycles. The zero-order valence-electron chi connectivity index (χ0n) is 12.6. The Kier molecular flexibility index (Phi) is 5.64. The maximum atomic E-state index is 12.5. The van der Waals surface area contributed by atoms with Gasteiger partial charge in [-0.15, -0.1) is 0 Å². The lowest BCUT2D eigenvalue weighted by Gasteiger charge is -2.25. The molecule has 3 N–H and O–H groups in total. The predicted molar refractivity (Wildman–Crippen MR) is 74.9 cm³/mol. The van der Waals surface area contributed by atoms with Crippen molar-refractivity contribution in [2.75, 3.05) is 19.7 Å². The Hall–Kier alpha value is -1.61. The van der Waals surface area contributed by atoms with Gasteiger partial charge >= 0.3 is 6.18 Å². The molecule has 0 aromatic carbocycles. The quantitative estimate of drug-likeness (QED) is 0.724. The van der Waals surface area contributed by atoms with E-state index in [2.05, 4.69) is 10.2 Å². The third-order valence-electron chi connectivity index (χ3n) is 3.85. The van der Waals surface area contributed by atoms with Gasteiger partial charge < -0.3 is 15.1 Å². The van der Waals surface area contributed by atoms with Crippen LogP contribution in [0.1, 0.15) is 41.0 Å². The molecule has 0 radical (unpaired) electrons. The van der Waals surface area contributed by atoms with E-state index in [1.165, 1.54) is 0 Å². The number of amides is 1. The van der Waals surface area contributed by atoms with Crippen molar-refractivity contribution in [3.8, 4) is 0 Å². The van der Waals surface area contributed by atoms with Gasteiger partial charge in [-0.2, -0.15) is 18.3 Å². The molecule has 0 saturated carbocycles. The number of aliphatic hydroxyl groups is 2. The monoisotopic (exact) mass is 335 g/mol. The Morgan fingerprint density at radius 2 is 2.04 bits per heavy atom. The predicted octanol–water partition coefficient (Wildman–Crippen LogP) is 1.04. The topological polar surface area (TPSA) is 89.5 Å². The van der Waals surface area contributed by atoms with Crippen LogP contribution < -0.4 is 0 Å². The number of nitrogens with one attached hydrogen (secondary N) is 1. The summed E-state index contributed by atoms with van der Waals surface area (Å²) in [7, 11) is 0. The number of aliphatic hydroxyl groups excluding tert-OH is 2. The van der Waals surface area contributed by atoms with Crippen molar-refractivity contribution in [1.82, 2.24) is 15.1 Å². The molecular weight excluding hydrogens is 315 g/mol. The summed E-state index contributed by atoms with van der Waals surface area (Å²) < 4.78 is 37.3. The van der Waals surface area contributed by atoms with Gasteiger partial charge in [-0.3, -0.25) is 9.89 Å². The molecule has 23 heavy (non-hydrogen) atoms. The van der Waals surface area contributed by atoms with Gasteiger partial charge in [-0.1, -0.05) is 0 Å². The molecule has 1 aliphatic rings. The number of hydrogen-bond donors (Lipinski definition) is 3. The molecule has 1 amide bonds. The third kappa shape index (κ3) is 4.68. The number of H-pyrrole nitrogens is 1. The van der Waals surface area contributed by atoms with Gasteiger partial charge in [-0.05, 0) is 25.7 Å². The fourth-order valence-corrected chi connectivity index (χ4v) is 2.66. The van der Waals surface area contributed by atoms with Crippen molar-refractivity contribution in [3.63, 3.8) is 0 Å². The van der Waals surface area contributed by atoms with Crippen LogP contribution in [0.4, 0.5) is 13.2 Å². The van der Waals surface area contributed by atoms with Crippen LogP contribution in [-0.2, 0) is 12.8 Å². The van der Waals surface area contributed by atoms with Gasteiger partial charge in [0.15, 0.2) is 5.69 Å². The molecule has 6 nitrogen and oxygen atoms in total. The number of aryl methyl sites for hydroxylation is 1. The van der Waals surface area contributed by atoms with E-state index >= 15 is 0 Å². The fourth-order valence-electron chi connectivity index (χ4n) is 2.66. The van der Waals surface area contributed by atoms with Gasteiger partial charge in [0.05, 0.1) is 19.1 Å². The minimum Gasteiger partial charge on any atom is -0.394 e. The van der Waals surface area contributed by atoms with Gasteiger partial charge in [-0.25, -0.2) is 0 Å². The third-order valence-corrected chi connectivity index (χ3v) is 3.85. The largest absolute Gasteiger partial charge is 0.394 e. The van der Waals surface area contributed by atoms with Crippen LogP contribution >= 0.6 is 0 Å². The first-order valence-electron chi connectivity index (χ1n) is 7.53. The first kappa shape index (κ1) is 17.7. The normalized spacial score (nSPS) is 16.0. The van der Waals surface area contributed by atoms with Crippen molar-refractivity contribution < 1.29 is 28.2 Å². The van der Waals surface area contributed by atoms with Crippen LogP contribution in [-0.4, -0.2) is 63.2 Å². The number of aromatic amines is 1. The van der Waals surface area contributed by atoms with Gasteiger partial charge in [0.2, 0.25) is 0 Å². The van der Waals surface area contributed by atoms with E-state index in [1.54, 1.807) is 0 Å². The maximum Gasteiger partial charge on any atom is 0.390 e. The summed E-state index contributed by atoms with van der Waals surface area (Å²) in [6.07, 6.45) is -3.59. The minimum absolute atomic E-state index is 0.118. The lowest BCUT2D eigenvalue weighted by Crippen LogP contribution is -2.41. The average molecular weight is 335 g/mol. The summed E-state index contributed by atoms with van der Waals surface area (Å²) in [4.78, 5) is 13.4. The van der Waals surface area contributed by atoms with Crippen LogP contribution in [0.25, 0.3) is 0 Å². The highest BCUT2D eigenvalue weighted by molar-refractivity contribution is 5.94. The molecule has 130 valence electrons. The number of aromatic nitrogens is 2. The van der Waals surface area contributed by atoms with E-state index in [0.717, 1.165) is 35.4 Å². The number of alkyl halides is 3. The number of fused-ring (bicyclic) bond motifs is 1. The molecule has 0 bridgehead atoms. The smallest absolute Gasteiger partial charge is 0.390 e. The van der Waals surface area contributed by atoms with Crippen LogP contribution in [0.3, 0.4) is 0 Å². The highest BCUT2D eigenvalue weighted by atomic mass is 19.4. The van der Waals surface area contributed by atoms with E-state index in [9.17, 15) is 23.1 Å². The number of nitrogens with zero attached hydrogens (tertiary/aromatic N) is 2. The Bertz CT molecular complexity index is 545. The highest BCUT2D eigenvalue weighted by Crippen LogP contribution is 2.24. The van der Waals surface area contributed by atoms with Gasteiger partial charge in [0.25, 0.3) is 5.91 Å². The summed E-state index contributed by atoms with van der Waals surface area (Å²) in [6.45, 7) is -1.58. The lowest BCUT2D eigenvalue weighted by molar-refractivity contribution is -0.137. The summed E-state index contributed by atoms with van der Waals surface area (Å²) in [5, 5.41) is 25.1. The highest BCUT2D eigenvalue weighted by Gasteiger charge is 2.32. The first-order chi connectivity index (χ1) is 10.8. The van der Waals surface area contributed by atoms with E-state index in [-0.39, 0.29) is 12.2 Å². The van der Waals surface area contributed by atoms with Crippen molar-refractivity contribution in [1.29, 1.82) is 0 Å². The molecular formula is C14H20F3N3O3. The summed E-state index contributed by atoms with van der Waals surface area (Å²) in [5.41, 5.74) is 1.71. The number of halogens is 3. The Morgan fingerprint density at radius 1 is 1.35 bits per heavy atom. The maximum absolute atomic E-state index is 12.5. The van der Waals surface area contributed by atoms with E-state index < -0.39 is 37.8 Å². The summed E-state index contributed by atoms with van der Waals surface area (Å²) in [5.74, 6) is -0.652. The summed E-state index contributed by atoms with van der Waals surface area (Å²) in [6, 6.07) is 0. The number of hydrogen-bond acceptors (Lipinski definition) is 4. The molecule has 9 heteroatoms.